The first kappa shape index (κ1) is 24.0. The molecular weight excluding hydrogens is 520 g/mol. The molecule has 1 aromatic heterocycles. The highest BCUT2D eigenvalue weighted by Crippen LogP contribution is 2.40. The molecule has 0 atom stereocenters. The van der Waals surface area contributed by atoms with Crippen molar-refractivity contribution in [2.45, 2.75) is 12.4 Å². The maximum atomic E-state index is 13.3. The molecule has 13 heteroatoms. The number of hydrogen-bond donors (Lipinski definition) is 2. The van der Waals surface area contributed by atoms with Gasteiger partial charge in [0.25, 0.3) is 5.56 Å². The smallest absolute Gasteiger partial charge is 0.290 e. The molecule has 33 heavy (non-hydrogen) atoms. The first-order valence-electron chi connectivity index (χ1n) is 8.78. The Balaban J connectivity index is 2.02. The zero-order valence-corrected chi connectivity index (χ0v) is 17.6. The van der Waals surface area contributed by atoms with E-state index < -0.39 is 39.1 Å². The molecule has 0 saturated heterocycles. The van der Waals surface area contributed by atoms with Crippen molar-refractivity contribution in [3.8, 4) is 17.3 Å². The largest absolute Gasteiger partial charge is 0.417 e. The van der Waals surface area contributed by atoms with Crippen LogP contribution in [0.4, 0.5) is 32.3 Å². The number of nitriles is 1. The van der Waals surface area contributed by atoms with Crippen molar-refractivity contribution in [1.29, 1.82) is 5.26 Å². The molecular formula is C20H10BrF6N5O. The Hall–Kier alpha value is -3.66. The van der Waals surface area contributed by atoms with Crippen LogP contribution in [0.2, 0.25) is 0 Å². The average molecular weight is 530 g/mol. The summed E-state index contributed by atoms with van der Waals surface area (Å²) in [6, 6.07) is 10.4. The van der Waals surface area contributed by atoms with E-state index in [2.05, 4.69) is 36.4 Å². The number of nitrogens with one attached hydrogen (secondary N) is 2. The van der Waals surface area contributed by atoms with Gasteiger partial charge in [-0.15, -0.1) is 0 Å². The third-order valence-electron chi connectivity index (χ3n) is 4.20. The van der Waals surface area contributed by atoms with Crippen LogP contribution in [0.1, 0.15) is 22.3 Å². The number of anilines is 1. The van der Waals surface area contributed by atoms with Crippen LogP contribution < -0.4 is 11.0 Å². The minimum Gasteiger partial charge on any atom is -0.290 e. The van der Waals surface area contributed by atoms with Gasteiger partial charge in [-0.05, 0) is 12.1 Å². The van der Waals surface area contributed by atoms with Gasteiger partial charge in [-0.1, -0.05) is 46.3 Å². The van der Waals surface area contributed by atoms with E-state index in [1.54, 1.807) is 36.4 Å². The Morgan fingerprint density at radius 3 is 2.27 bits per heavy atom. The van der Waals surface area contributed by atoms with Gasteiger partial charge in [-0.2, -0.15) is 36.7 Å². The number of H-pyrrole nitrogens is 1. The van der Waals surface area contributed by atoms with Crippen LogP contribution in [0.15, 0.2) is 56.8 Å². The summed E-state index contributed by atoms with van der Waals surface area (Å²) in [6.07, 6.45) is -9.36. The summed E-state index contributed by atoms with van der Waals surface area (Å²) in [7, 11) is 0. The molecule has 0 radical (unpaired) electrons. The molecule has 0 bridgehead atoms. The minimum absolute atomic E-state index is 0.0153. The highest BCUT2D eigenvalue weighted by Gasteiger charge is 2.38. The van der Waals surface area contributed by atoms with E-state index in [-0.39, 0.29) is 17.2 Å². The number of aromatic amines is 1. The highest BCUT2D eigenvalue weighted by atomic mass is 79.9. The summed E-state index contributed by atoms with van der Waals surface area (Å²) < 4.78 is 78.5. The standard InChI is InChI=1S/C20H10BrF6N5O/c21-15-7-13(19(22,23)24)11(6-14(15)20(25,26)27)9-29-32-18-30-16(10-4-2-1-3-5-10)12(8-28)17(33)31-18/h1-7,9H,(H2,30,31,32,33). The van der Waals surface area contributed by atoms with Gasteiger partial charge in [0.15, 0.2) is 0 Å². The molecule has 1 heterocycles. The topological polar surface area (TPSA) is 93.9 Å². The van der Waals surface area contributed by atoms with Gasteiger partial charge in [0.2, 0.25) is 5.95 Å². The Bertz CT molecular complexity index is 1310. The van der Waals surface area contributed by atoms with Crippen molar-refractivity contribution in [2.75, 3.05) is 5.43 Å². The third-order valence-corrected chi connectivity index (χ3v) is 4.86. The van der Waals surface area contributed by atoms with Crippen molar-refractivity contribution < 1.29 is 26.3 Å². The molecule has 0 aliphatic rings. The predicted octanol–water partition coefficient (Wildman–Crippen LogP) is 5.55. The van der Waals surface area contributed by atoms with Crippen LogP contribution in [0.3, 0.4) is 0 Å². The van der Waals surface area contributed by atoms with E-state index in [1.807, 2.05) is 0 Å². The van der Waals surface area contributed by atoms with Gasteiger partial charge in [-0.25, -0.2) is 10.4 Å². The number of aromatic nitrogens is 2. The van der Waals surface area contributed by atoms with Crippen LogP contribution in [-0.4, -0.2) is 16.2 Å². The van der Waals surface area contributed by atoms with E-state index in [9.17, 15) is 36.4 Å². The molecule has 3 aromatic rings. The van der Waals surface area contributed by atoms with Crippen molar-refractivity contribution >= 4 is 28.1 Å². The van der Waals surface area contributed by atoms with Gasteiger partial charge >= 0.3 is 12.4 Å². The first-order valence-corrected chi connectivity index (χ1v) is 9.58. The number of alkyl halides is 6. The Morgan fingerprint density at radius 1 is 1.06 bits per heavy atom. The molecule has 0 amide bonds. The summed E-state index contributed by atoms with van der Waals surface area (Å²) in [4.78, 5) is 18.4. The van der Waals surface area contributed by atoms with Crippen molar-refractivity contribution in [2.24, 2.45) is 5.10 Å². The minimum atomic E-state index is -4.96. The molecule has 3 rings (SSSR count). The molecule has 0 saturated carbocycles. The van der Waals surface area contributed by atoms with E-state index in [0.29, 0.717) is 23.9 Å². The Morgan fingerprint density at radius 2 is 1.70 bits per heavy atom. The lowest BCUT2D eigenvalue weighted by atomic mass is 10.0. The maximum absolute atomic E-state index is 13.3. The molecule has 0 unspecified atom stereocenters. The van der Waals surface area contributed by atoms with Crippen molar-refractivity contribution in [3.63, 3.8) is 0 Å². The maximum Gasteiger partial charge on any atom is 0.417 e. The lowest BCUT2D eigenvalue weighted by Gasteiger charge is -2.15. The zero-order chi connectivity index (χ0) is 24.4. The fourth-order valence-electron chi connectivity index (χ4n) is 2.76. The lowest BCUT2D eigenvalue weighted by Crippen LogP contribution is -2.16. The number of hydrazone groups is 1. The Kier molecular flexibility index (Phi) is 6.59. The van der Waals surface area contributed by atoms with E-state index in [0.717, 1.165) is 0 Å². The van der Waals surface area contributed by atoms with Gasteiger partial charge < -0.3 is 0 Å². The molecule has 6 nitrogen and oxygen atoms in total. The molecule has 0 spiro atoms. The van der Waals surface area contributed by atoms with Crippen LogP contribution in [0, 0.1) is 11.3 Å². The summed E-state index contributed by atoms with van der Waals surface area (Å²) in [5.41, 5.74) is -2.13. The number of benzene rings is 2. The van der Waals surface area contributed by atoms with Crippen molar-refractivity contribution in [3.05, 3.63) is 79.5 Å². The molecule has 2 aromatic carbocycles. The fourth-order valence-corrected chi connectivity index (χ4v) is 3.33. The molecule has 0 aliphatic heterocycles. The summed E-state index contributed by atoms with van der Waals surface area (Å²) in [5.74, 6) is -0.337. The molecule has 0 aliphatic carbocycles. The van der Waals surface area contributed by atoms with Crippen molar-refractivity contribution in [1.82, 2.24) is 9.97 Å². The third kappa shape index (κ3) is 5.40. The number of halogens is 7. The van der Waals surface area contributed by atoms with E-state index >= 15 is 0 Å². The van der Waals surface area contributed by atoms with Gasteiger partial charge in [0.1, 0.15) is 11.6 Å². The predicted molar refractivity (Wildman–Crippen MR) is 110 cm³/mol. The molecule has 0 fully saturated rings. The zero-order valence-electron chi connectivity index (χ0n) is 16.0. The van der Waals surface area contributed by atoms with E-state index in [1.165, 1.54) is 0 Å². The normalized spacial score (nSPS) is 12.1. The first-order chi connectivity index (χ1) is 15.4. The SMILES string of the molecule is N#Cc1c(-c2ccccc2)nc(NN=Cc2cc(C(F)(F)F)c(Br)cc2C(F)(F)F)[nH]c1=O. The van der Waals surface area contributed by atoms with Gasteiger partial charge in [0, 0.05) is 15.6 Å². The Labute approximate surface area is 189 Å². The molecule has 170 valence electrons. The average Bonchev–Trinajstić information content (AvgIpc) is 2.73. The number of nitrogens with zero attached hydrogens (tertiary/aromatic N) is 3. The second-order valence-electron chi connectivity index (χ2n) is 6.40. The molecule has 2 N–H and O–H groups in total. The van der Waals surface area contributed by atoms with Crippen LogP contribution in [0.5, 0.6) is 0 Å². The number of rotatable bonds is 4. The lowest BCUT2D eigenvalue weighted by molar-refractivity contribution is -0.141. The van der Waals surface area contributed by atoms with Crippen LogP contribution in [-0.2, 0) is 12.4 Å². The monoisotopic (exact) mass is 529 g/mol. The second-order valence-corrected chi connectivity index (χ2v) is 7.26. The quantitative estimate of drug-likeness (QED) is 0.263. The van der Waals surface area contributed by atoms with Gasteiger partial charge in [-0.3, -0.25) is 9.78 Å². The summed E-state index contributed by atoms with van der Waals surface area (Å²) in [5, 5.41) is 12.7. The van der Waals surface area contributed by atoms with Crippen LogP contribution >= 0.6 is 15.9 Å². The van der Waals surface area contributed by atoms with Gasteiger partial charge in [0.05, 0.1) is 23.0 Å². The van der Waals surface area contributed by atoms with E-state index in [4.69, 9.17) is 0 Å². The fraction of sp³-hybridized carbons (Fsp3) is 0.100. The number of hydrogen-bond acceptors (Lipinski definition) is 5. The summed E-state index contributed by atoms with van der Waals surface area (Å²) >= 11 is 2.51. The highest BCUT2D eigenvalue weighted by molar-refractivity contribution is 9.10. The second kappa shape index (κ2) is 9.07. The van der Waals surface area contributed by atoms with Crippen LogP contribution in [0.25, 0.3) is 11.3 Å². The summed E-state index contributed by atoms with van der Waals surface area (Å²) in [6.45, 7) is 0.